The first-order valence-electron chi connectivity index (χ1n) is 7.50. The Morgan fingerprint density at radius 3 is 2.12 bits per heavy atom. The highest BCUT2D eigenvalue weighted by atomic mass is 127. The number of anilines is 1. The van der Waals surface area contributed by atoms with Gasteiger partial charge in [0.1, 0.15) is 11.4 Å². The van der Waals surface area contributed by atoms with Gasteiger partial charge in [-0.05, 0) is 77.5 Å². The Morgan fingerprint density at radius 2 is 1.46 bits per heavy atom. The Bertz CT molecular complexity index is 815. The summed E-state index contributed by atoms with van der Waals surface area (Å²) in [4.78, 5) is 3.53. The summed E-state index contributed by atoms with van der Waals surface area (Å²) in [6.07, 6.45) is 0. The maximum absolute atomic E-state index is 3.53. The molecule has 0 amide bonds. The summed E-state index contributed by atoms with van der Waals surface area (Å²) in [5, 5.41) is 3.50. The normalized spacial score (nSPS) is 10.8. The highest BCUT2D eigenvalue weighted by Gasteiger charge is 2.12. The first kappa shape index (κ1) is 18.5. The van der Waals surface area contributed by atoms with E-state index in [1.165, 1.54) is 9.13 Å². The van der Waals surface area contributed by atoms with Crippen LogP contribution in [0, 0.1) is 10.5 Å². The standard InChI is InChI=1S/C20H17IN2.ClH/c1-15-7-5-6-10-19(15)23-20(16-8-3-2-4-9-16)22-18-13-11-17(21)12-14-18;/h2-14H,1H3,(H,22,23);1H. The fourth-order valence-electron chi connectivity index (χ4n) is 2.31. The van der Waals surface area contributed by atoms with Gasteiger partial charge in [-0.2, -0.15) is 0 Å². The second kappa shape index (κ2) is 8.85. The topological polar surface area (TPSA) is 26.0 Å². The zero-order valence-corrected chi connectivity index (χ0v) is 16.2. The number of halogens is 2. The highest BCUT2D eigenvalue weighted by Crippen LogP contribution is 2.12. The van der Waals surface area contributed by atoms with Gasteiger partial charge >= 0.3 is 0 Å². The van der Waals surface area contributed by atoms with Crippen molar-refractivity contribution < 1.29 is 17.4 Å². The number of benzene rings is 3. The molecular weight excluding hydrogens is 431 g/mol. The molecule has 0 aromatic heterocycles. The summed E-state index contributed by atoms with van der Waals surface area (Å²) in [7, 11) is 0. The molecule has 4 heteroatoms. The third-order valence-corrected chi connectivity index (χ3v) is 4.30. The van der Waals surface area contributed by atoms with Crippen LogP contribution in [0.15, 0.2) is 78.9 Å². The molecule has 0 aliphatic heterocycles. The van der Waals surface area contributed by atoms with Gasteiger partial charge in [0.25, 0.3) is 5.84 Å². The lowest BCUT2D eigenvalue weighted by Gasteiger charge is -2.05. The zero-order valence-electron chi connectivity index (χ0n) is 13.3. The number of para-hydroxylation sites is 1. The van der Waals surface area contributed by atoms with E-state index >= 15 is 0 Å². The average Bonchev–Trinajstić information content (AvgIpc) is 2.59. The smallest absolute Gasteiger partial charge is 0.285 e. The van der Waals surface area contributed by atoms with E-state index < -0.39 is 0 Å². The lowest BCUT2D eigenvalue weighted by molar-refractivity contribution is -0.353. The lowest BCUT2D eigenvalue weighted by atomic mass is 10.1. The van der Waals surface area contributed by atoms with Crippen LogP contribution in [0.3, 0.4) is 0 Å². The molecule has 0 radical (unpaired) electrons. The van der Waals surface area contributed by atoms with Crippen LogP contribution in [0.5, 0.6) is 0 Å². The van der Waals surface area contributed by atoms with Crippen LogP contribution >= 0.6 is 22.6 Å². The SMILES string of the molecule is Cc1ccccc1[NH+]=C(Nc1ccc(I)cc1)c1ccccc1.[Cl-]. The summed E-state index contributed by atoms with van der Waals surface area (Å²) in [5.41, 5.74) is 4.49. The van der Waals surface area contributed by atoms with E-state index in [1.807, 2.05) is 24.3 Å². The number of amidine groups is 1. The minimum Gasteiger partial charge on any atom is -1.00 e. The van der Waals surface area contributed by atoms with Crippen molar-refractivity contribution in [2.75, 3.05) is 5.32 Å². The van der Waals surface area contributed by atoms with Crippen LogP contribution in [-0.2, 0) is 0 Å². The molecule has 3 aromatic carbocycles. The molecule has 0 saturated carbocycles. The lowest BCUT2D eigenvalue weighted by Crippen LogP contribution is -3.00. The van der Waals surface area contributed by atoms with E-state index in [0.717, 1.165) is 22.8 Å². The summed E-state index contributed by atoms with van der Waals surface area (Å²) in [5.74, 6) is 0.973. The third kappa shape index (κ3) is 4.82. The Labute approximate surface area is 162 Å². The minimum absolute atomic E-state index is 0. The predicted molar refractivity (Wildman–Crippen MR) is 105 cm³/mol. The van der Waals surface area contributed by atoms with Crippen LogP contribution in [0.2, 0.25) is 0 Å². The van der Waals surface area contributed by atoms with E-state index in [0.29, 0.717) is 0 Å². The van der Waals surface area contributed by atoms with Gasteiger partial charge in [-0.15, -0.1) is 0 Å². The summed E-state index contributed by atoms with van der Waals surface area (Å²) in [6.45, 7) is 2.11. The molecule has 2 nitrogen and oxygen atoms in total. The molecule has 2 N–H and O–H groups in total. The van der Waals surface area contributed by atoms with Crippen LogP contribution < -0.4 is 22.7 Å². The minimum atomic E-state index is 0. The molecule has 0 atom stereocenters. The first-order valence-corrected chi connectivity index (χ1v) is 8.58. The fourth-order valence-corrected chi connectivity index (χ4v) is 2.67. The Balaban J connectivity index is 0.00000208. The van der Waals surface area contributed by atoms with Crippen molar-refractivity contribution in [2.45, 2.75) is 6.92 Å². The van der Waals surface area contributed by atoms with E-state index in [-0.39, 0.29) is 12.4 Å². The largest absolute Gasteiger partial charge is 1.00 e. The van der Waals surface area contributed by atoms with Gasteiger partial charge in [-0.25, -0.2) is 10.3 Å². The van der Waals surface area contributed by atoms with Gasteiger partial charge in [0.2, 0.25) is 0 Å². The quantitative estimate of drug-likeness (QED) is 0.347. The first-order chi connectivity index (χ1) is 11.2. The van der Waals surface area contributed by atoms with E-state index in [9.17, 15) is 0 Å². The number of hydrogen-bond acceptors (Lipinski definition) is 0. The highest BCUT2D eigenvalue weighted by molar-refractivity contribution is 14.1. The van der Waals surface area contributed by atoms with Gasteiger partial charge < -0.3 is 12.4 Å². The fraction of sp³-hybridized carbons (Fsp3) is 0.0500. The van der Waals surface area contributed by atoms with E-state index in [1.54, 1.807) is 0 Å². The molecule has 0 aliphatic rings. The van der Waals surface area contributed by atoms with Gasteiger partial charge in [0, 0.05) is 3.57 Å². The van der Waals surface area contributed by atoms with Gasteiger partial charge in [-0.1, -0.05) is 36.4 Å². The third-order valence-electron chi connectivity index (χ3n) is 3.58. The van der Waals surface area contributed by atoms with Crippen LogP contribution in [0.25, 0.3) is 0 Å². The van der Waals surface area contributed by atoms with Crippen molar-refractivity contribution in [1.29, 1.82) is 0 Å². The molecule has 0 spiro atoms. The molecule has 3 rings (SSSR count). The van der Waals surface area contributed by atoms with E-state index in [4.69, 9.17) is 0 Å². The summed E-state index contributed by atoms with van der Waals surface area (Å²) < 4.78 is 1.22. The molecule has 24 heavy (non-hydrogen) atoms. The second-order valence-electron chi connectivity index (χ2n) is 5.31. The average molecular weight is 449 g/mol. The second-order valence-corrected chi connectivity index (χ2v) is 6.56. The maximum atomic E-state index is 3.53. The number of aryl methyl sites for hydroxylation is 1. The van der Waals surface area contributed by atoms with Crippen molar-refractivity contribution in [1.82, 2.24) is 0 Å². The van der Waals surface area contributed by atoms with Crippen molar-refractivity contribution in [2.24, 2.45) is 0 Å². The maximum Gasteiger partial charge on any atom is 0.285 e. The molecule has 0 unspecified atom stereocenters. The monoisotopic (exact) mass is 448 g/mol. The number of hydrogen-bond donors (Lipinski definition) is 2. The Hall–Kier alpha value is -1.85. The molecule has 0 saturated heterocycles. The van der Waals surface area contributed by atoms with E-state index in [2.05, 4.69) is 94.4 Å². The summed E-state index contributed by atoms with van der Waals surface area (Å²) >= 11 is 2.31. The Kier molecular flexibility index (Phi) is 6.82. The van der Waals surface area contributed by atoms with Crippen molar-refractivity contribution in [3.63, 3.8) is 0 Å². The zero-order chi connectivity index (χ0) is 16.1. The molecule has 0 fully saturated rings. The van der Waals surface area contributed by atoms with Crippen LogP contribution in [0.1, 0.15) is 11.1 Å². The van der Waals surface area contributed by atoms with Gasteiger partial charge in [0.05, 0.1) is 5.56 Å². The number of nitrogens with one attached hydrogen (secondary N) is 2. The molecule has 0 aliphatic carbocycles. The van der Waals surface area contributed by atoms with Crippen LogP contribution in [0.4, 0.5) is 11.4 Å². The molecule has 0 bridgehead atoms. The molecule has 0 heterocycles. The van der Waals surface area contributed by atoms with Crippen molar-refractivity contribution in [3.05, 3.63) is 93.6 Å². The molecule has 3 aromatic rings. The van der Waals surface area contributed by atoms with Crippen molar-refractivity contribution in [3.8, 4) is 0 Å². The molecular formula is C20H18ClIN2. The summed E-state index contributed by atoms with van der Waals surface area (Å²) in [6, 6.07) is 27.0. The van der Waals surface area contributed by atoms with Crippen molar-refractivity contribution >= 4 is 39.8 Å². The molecule has 122 valence electrons. The van der Waals surface area contributed by atoms with Gasteiger partial charge in [0.15, 0.2) is 0 Å². The van der Waals surface area contributed by atoms with Gasteiger partial charge in [-0.3, -0.25) is 0 Å². The van der Waals surface area contributed by atoms with Crippen LogP contribution in [-0.4, -0.2) is 5.84 Å². The predicted octanol–water partition coefficient (Wildman–Crippen LogP) is 0.875. The number of rotatable bonds is 3. The Morgan fingerprint density at radius 1 is 0.833 bits per heavy atom.